The zero-order valence-electron chi connectivity index (χ0n) is 19.2. The van der Waals surface area contributed by atoms with Crippen LogP contribution in [0.3, 0.4) is 0 Å². The predicted octanol–water partition coefficient (Wildman–Crippen LogP) is 3.70. The van der Waals surface area contributed by atoms with E-state index < -0.39 is 11.9 Å². The summed E-state index contributed by atoms with van der Waals surface area (Å²) in [7, 11) is 5.97. The molecule has 0 bridgehead atoms. The van der Waals surface area contributed by atoms with Gasteiger partial charge in [0.05, 0.1) is 40.2 Å². The summed E-state index contributed by atoms with van der Waals surface area (Å²) in [4.78, 5) is 24.7. The van der Waals surface area contributed by atoms with Crippen molar-refractivity contribution in [3.8, 4) is 28.7 Å². The van der Waals surface area contributed by atoms with Gasteiger partial charge in [0.25, 0.3) is 5.91 Å². The van der Waals surface area contributed by atoms with Crippen molar-refractivity contribution in [3.05, 3.63) is 77.4 Å². The topological polar surface area (TPSA) is 105 Å². The highest BCUT2D eigenvalue weighted by molar-refractivity contribution is 5.96. The molecule has 0 atom stereocenters. The predicted molar refractivity (Wildman–Crippen MR) is 126 cm³/mol. The first-order chi connectivity index (χ1) is 16.5. The van der Waals surface area contributed by atoms with Gasteiger partial charge < -0.3 is 23.7 Å². The molecule has 9 nitrogen and oxygen atoms in total. The normalized spacial score (nSPS) is 10.5. The molecule has 0 aliphatic carbocycles. The van der Waals surface area contributed by atoms with Crippen LogP contribution in [0.5, 0.6) is 28.7 Å². The minimum Gasteiger partial charge on any atom is -0.497 e. The van der Waals surface area contributed by atoms with Crippen molar-refractivity contribution in [1.82, 2.24) is 5.43 Å². The Labute approximate surface area is 196 Å². The largest absolute Gasteiger partial charge is 0.497 e. The Morgan fingerprint density at radius 1 is 0.735 bits per heavy atom. The summed E-state index contributed by atoms with van der Waals surface area (Å²) in [6.07, 6.45) is 1.46. The molecule has 3 aromatic rings. The number of hydrogen-bond acceptors (Lipinski definition) is 8. The van der Waals surface area contributed by atoms with Crippen LogP contribution in [-0.2, 0) is 0 Å². The molecular formula is C25H24N2O7. The lowest BCUT2D eigenvalue weighted by molar-refractivity contribution is 0.0734. The third-order valence-corrected chi connectivity index (χ3v) is 4.72. The van der Waals surface area contributed by atoms with Crippen LogP contribution in [-0.4, -0.2) is 46.5 Å². The number of nitrogens with one attached hydrogen (secondary N) is 1. The number of benzene rings is 3. The van der Waals surface area contributed by atoms with E-state index in [1.54, 1.807) is 55.6 Å². The van der Waals surface area contributed by atoms with E-state index in [0.29, 0.717) is 39.9 Å². The molecule has 0 fully saturated rings. The van der Waals surface area contributed by atoms with Crippen LogP contribution in [0.15, 0.2) is 65.8 Å². The second-order valence-electron chi connectivity index (χ2n) is 6.80. The van der Waals surface area contributed by atoms with Crippen LogP contribution in [0.25, 0.3) is 0 Å². The molecule has 176 valence electrons. The van der Waals surface area contributed by atoms with Crippen molar-refractivity contribution in [2.75, 3.05) is 28.4 Å². The van der Waals surface area contributed by atoms with E-state index in [-0.39, 0.29) is 5.56 Å². The van der Waals surface area contributed by atoms with Gasteiger partial charge in [0.15, 0.2) is 11.5 Å². The Morgan fingerprint density at radius 2 is 1.32 bits per heavy atom. The fourth-order valence-corrected chi connectivity index (χ4v) is 2.96. The molecule has 0 unspecified atom stereocenters. The first kappa shape index (κ1) is 24.1. The van der Waals surface area contributed by atoms with Gasteiger partial charge in [-0.25, -0.2) is 10.2 Å². The van der Waals surface area contributed by atoms with Crippen LogP contribution in [0, 0.1) is 0 Å². The van der Waals surface area contributed by atoms with Crippen molar-refractivity contribution < 1.29 is 33.3 Å². The van der Waals surface area contributed by atoms with E-state index in [9.17, 15) is 9.59 Å². The molecule has 0 aliphatic rings. The quantitative estimate of drug-likeness (QED) is 0.223. The number of hydrogen-bond donors (Lipinski definition) is 1. The molecule has 0 heterocycles. The number of ether oxygens (including phenoxy) is 5. The SMILES string of the molecule is COc1ccc(C(=O)Oc2ccc(C=NNC(=O)c3cc(OC)c(OC)c(OC)c3)cc2)cc1. The third-order valence-electron chi connectivity index (χ3n) is 4.72. The molecular weight excluding hydrogens is 440 g/mol. The average Bonchev–Trinajstić information content (AvgIpc) is 2.88. The van der Waals surface area contributed by atoms with Crippen molar-refractivity contribution in [3.63, 3.8) is 0 Å². The Morgan fingerprint density at radius 3 is 1.85 bits per heavy atom. The van der Waals surface area contributed by atoms with Gasteiger partial charge in [-0.3, -0.25) is 4.79 Å². The zero-order chi connectivity index (χ0) is 24.5. The maximum atomic E-state index is 12.5. The Hall–Kier alpha value is -4.53. The molecule has 0 aromatic heterocycles. The van der Waals surface area contributed by atoms with Crippen LogP contribution in [0.1, 0.15) is 26.3 Å². The number of carbonyl (C=O) groups is 2. The number of carbonyl (C=O) groups excluding carboxylic acids is 2. The summed E-state index contributed by atoms with van der Waals surface area (Å²) >= 11 is 0. The van der Waals surface area contributed by atoms with E-state index >= 15 is 0 Å². The highest BCUT2D eigenvalue weighted by Crippen LogP contribution is 2.38. The standard InChI is InChI=1S/C25H24N2O7/c1-30-19-11-7-17(8-12-19)25(29)34-20-9-5-16(6-10-20)15-26-27-24(28)18-13-21(31-2)23(33-4)22(14-18)32-3/h5-15H,1-4H3,(H,27,28). The highest BCUT2D eigenvalue weighted by atomic mass is 16.5. The maximum Gasteiger partial charge on any atom is 0.343 e. The summed E-state index contributed by atoms with van der Waals surface area (Å²) in [5.74, 6) is 1.18. The fourth-order valence-electron chi connectivity index (χ4n) is 2.96. The van der Waals surface area contributed by atoms with Crippen LogP contribution in [0.4, 0.5) is 0 Å². The molecule has 0 radical (unpaired) electrons. The number of methoxy groups -OCH3 is 4. The molecule has 3 rings (SSSR count). The number of amides is 1. The van der Waals surface area contributed by atoms with E-state index in [1.807, 2.05) is 0 Å². The van der Waals surface area contributed by atoms with Crippen molar-refractivity contribution in [1.29, 1.82) is 0 Å². The summed E-state index contributed by atoms with van der Waals surface area (Å²) in [5.41, 5.74) is 3.83. The lowest BCUT2D eigenvalue weighted by Crippen LogP contribution is -2.18. The Balaban J connectivity index is 1.61. The van der Waals surface area contributed by atoms with Gasteiger partial charge in [0, 0.05) is 5.56 Å². The molecule has 34 heavy (non-hydrogen) atoms. The summed E-state index contributed by atoms with van der Waals surface area (Å²) in [5, 5.41) is 3.97. The maximum absolute atomic E-state index is 12.5. The summed E-state index contributed by atoms with van der Waals surface area (Å²) in [6.45, 7) is 0. The smallest absolute Gasteiger partial charge is 0.343 e. The molecule has 9 heteroatoms. The minimum atomic E-state index is -0.485. The molecule has 1 amide bonds. The van der Waals surface area contributed by atoms with E-state index in [0.717, 1.165) is 0 Å². The summed E-state index contributed by atoms with van der Waals surface area (Å²) in [6, 6.07) is 16.3. The van der Waals surface area contributed by atoms with Gasteiger partial charge in [0.1, 0.15) is 11.5 Å². The van der Waals surface area contributed by atoms with Gasteiger partial charge in [-0.1, -0.05) is 0 Å². The second kappa shape index (κ2) is 11.4. The number of nitrogens with zero attached hydrogens (tertiary/aromatic N) is 1. The second-order valence-corrected chi connectivity index (χ2v) is 6.80. The van der Waals surface area contributed by atoms with E-state index in [4.69, 9.17) is 23.7 Å². The van der Waals surface area contributed by atoms with Crippen LogP contribution < -0.4 is 29.1 Å². The molecule has 0 aliphatic heterocycles. The van der Waals surface area contributed by atoms with Crippen molar-refractivity contribution in [2.45, 2.75) is 0 Å². The molecule has 3 aromatic carbocycles. The monoisotopic (exact) mass is 464 g/mol. The van der Waals surface area contributed by atoms with Gasteiger partial charge in [0.2, 0.25) is 5.75 Å². The Bertz CT molecular complexity index is 1150. The zero-order valence-corrected chi connectivity index (χ0v) is 19.2. The van der Waals surface area contributed by atoms with Gasteiger partial charge in [-0.05, 0) is 66.2 Å². The lowest BCUT2D eigenvalue weighted by Gasteiger charge is -2.13. The Kier molecular flexibility index (Phi) is 8.07. The van der Waals surface area contributed by atoms with E-state index in [1.165, 1.54) is 39.7 Å². The van der Waals surface area contributed by atoms with Crippen molar-refractivity contribution >= 4 is 18.1 Å². The number of rotatable bonds is 9. The van der Waals surface area contributed by atoms with E-state index in [2.05, 4.69) is 10.5 Å². The number of esters is 1. The highest BCUT2D eigenvalue weighted by Gasteiger charge is 2.16. The van der Waals surface area contributed by atoms with Gasteiger partial charge >= 0.3 is 5.97 Å². The first-order valence-corrected chi connectivity index (χ1v) is 10.1. The van der Waals surface area contributed by atoms with Crippen molar-refractivity contribution in [2.24, 2.45) is 5.10 Å². The van der Waals surface area contributed by atoms with Crippen LogP contribution in [0.2, 0.25) is 0 Å². The molecule has 0 saturated carbocycles. The molecule has 1 N–H and O–H groups in total. The summed E-state index contributed by atoms with van der Waals surface area (Å²) < 4.78 is 26.2. The van der Waals surface area contributed by atoms with Gasteiger partial charge in [-0.15, -0.1) is 0 Å². The third kappa shape index (κ3) is 5.83. The lowest BCUT2D eigenvalue weighted by atomic mass is 10.1. The molecule has 0 spiro atoms. The first-order valence-electron chi connectivity index (χ1n) is 10.1. The fraction of sp³-hybridized carbons (Fsp3) is 0.160. The molecule has 0 saturated heterocycles. The van der Waals surface area contributed by atoms with Gasteiger partial charge in [-0.2, -0.15) is 5.10 Å². The average molecular weight is 464 g/mol. The van der Waals surface area contributed by atoms with Crippen LogP contribution >= 0.6 is 0 Å². The number of hydrazone groups is 1. The minimum absolute atomic E-state index is 0.285.